The summed E-state index contributed by atoms with van der Waals surface area (Å²) in [5.74, 6) is 0.292. The Bertz CT molecular complexity index is 224. The van der Waals surface area contributed by atoms with Crippen molar-refractivity contribution in [2.24, 2.45) is 0 Å². The first-order valence-corrected chi connectivity index (χ1v) is 3.44. The van der Waals surface area contributed by atoms with Gasteiger partial charge >= 0.3 is 62.6 Å². The summed E-state index contributed by atoms with van der Waals surface area (Å²) in [5, 5.41) is 9.00. The van der Waals surface area contributed by atoms with Crippen molar-refractivity contribution in [2.45, 2.75) is 6.92 Å². The third-order valence-electron chi connectivity index (χ3n) is 1.10. The molecule has 0 unspecified atom stereocenters. The van der Waals surface area contributed by atoms with E-state index in [0.29, 0.717) is 5.75 Å². The normalized spacial score (nSPS) is 9.11. The zero-order valence-electron chi connectivity index (χ0n) is 5.06. The van der Waals surface area contributed by atoms with Gasteiger partial charge in [0.25, 0.3) is 0 Å². The third-order valence-corrected chi connectivity index (χ3v) is 1.74. The number of aromatic hydroxyl groups is 1. The topological polar surface area (TPSA) is 20.2 Å². The zero-order chi connectivity index (χ0) is 6.85. The van der Waals surface area contributed by atoms with E-state index in [1.165, 1.54) is 0 Å². The van der Waals surface area contributed by atoms with E-state index in [4.69, 9.17) is 5.11 Å². The maximum atomic E-state index is 9.00. The molecule has 1 heterocycles. The van der Waals surface area contributed by atoms with E-state index < -0.39 is 0 Å². The van der Waals surface area contributed by atoms with Crippen molar-refractivity contribution in [1.29, 1.82) is 0 Å². The molecule has 0 saturated heterocycles. The fraction of sp³-hybridized carbons (Fsp3) is 0.167. The second-order valence-corrected chi connectivity index (χ2v) is 2.81. The van der Waals surface area contributed by atoms with Gasteiger partial charge < -0.3 is 0 Å². The molecule has 0 atom stereocenters. The van der Waals surface area contributed by atoms with E-state index in [9.17, 15) is 0 Å². The molecule has 1 aromatic heterocycles. The average molecular weight is 185 g/mol. The van der Waals surface area contributed by atoms with E-state index >= 15 is 0 Å². The Morgan fingerprint density at radius 2 is 2.22 bits per heavy atom. The molecule has 1 nitrogen and oxygen atoms in total. The van der Waals surface area contributed by atoms with E-state index in [1.807, 2.05) is 19.9 Å². The van der Waals surface area contributed by atoms with Crippen LogP contribution in [0.2, 0.25) is 0 Å². The SMILES string of the molecule is Cc1bc(Br)c(O)cc1. The summed E-state index contributed by atoms with van der Waals surface area (Å²) < 4.78 is 0.752. The van der Waals surface area contributed by atoms with Crippen molar-refractivity contribution >= 4 is 22.8 Å². The molecule has 0 saturated carbocycles. The number of halogens is 1. The van der Waals surface area contributed by atoms with Crippen LogP contribution in [0.25, 0.3) is 0 Å². The fourth-order valence-electron chi connectivity index (χ4n) is 0.612. The summed E-state index contributed by atoms with van der Waals surface area (Å²) in [6.07, 6.45) is 0. The van der Waals surface area contributed by atoms with Gasteiger partial charge in [-0.2, -0.15) is 0 Å². The van der Waals surface area contributed by atoms with Crippen LogP contribution in [0.15, 0.2) is 16.5 Å². The molecule has 3 heteroatoms. The second-order valence-electron chi connectivity index (χ2n) is 1.95. The van der Waals surface area contributed by atoms with Crippen molar-refractivity contribution in [3.63, 3.8) is 0 Å². The summed E-state index contributed by atoms with van der Waals surface area (Å²) in [5.41, 5.74) is 1.14. The Hall–Kier alpha value is -0.305. The van der Waals surface area contributed by atoms with Gasteiger partial charge in [-0.15, -0.1) is 0 Å². The molecule has 9 heavy (non-hydrogen) atoms. The van der Waals surface area contributed by atoms with Gasteiger partial charge in [-0.1, -0.05) is 0 Å². The molecular weight excluding hydrogens is 179 g/mol. The monoisotopic (exact) mass is 184 g/mol. The number of rotatable bonds is 0. The second kappa shape index (κ2) is 2.52. The quantitative estimate of drug-likeness (QED) is 0.652. The molecule has 0 spiro atoms. The van der Waals surface area contributed by atoms with Crippen LogP contribution in [0.3, 0.4) is 0 Å². The van der Waals surface area contributed by atoms with Crippen molar-refractivity contribution in [3.8, 4) is 5.75 Å². The molecule has 0 bridgehead atoms. The van der Waals surface area contributed by atoms with Crippen LogP contribution in [0.4, 0.5) is 0 Å². The predicted molar refractivity (Wildman–Crippen MR) is 41.9 cm³/mol. The summed E-state index contributed by atoms with van der Waals surface area (Å²) >= 11 is 3.20. The van der Waals surface area contributed by atoms with E-state index in [0.717, 1.165) is 9.83 Å². The van der Waals surface area contributed by atoms with E-state index in [1.54, 1.807) is 6.07 Å². The molecule has 0 radical (unpaired) electrons. The number of hydrogen-bond acceptors (Lipinski definition) is 1. The van der Waals surface area contributed by atoms with Gasteiger partial charge in [-0.3, -0.25) is 0 Å². The first-order chi connectivity index (χ1) is 4.20. The van der Waals surface area contributed by atoms with Crippen molar-refractivity contribution < 1.29 is 5.11 Å². The van der Waals surface area contributed by atoms with Gasteiger partial charge in [-0.25, -0.2) is 0 Å². The summed E-state index contributed by atoms with van der Waals surface area (Å²) in [4.78, 5) is 0. The minimum atomic E-state index is 0.292. The Morgan fingerprint density at radius 1 is 1.56 bits per heavy atom. The molecule has 1 N–H and O–H groups in total. The molecule has 1 rings (SSSR count). The minimum absolute atomic E-state index is 0.292. The fourth-order valence-corrected chi connectivity index (χ4v) is 1.11. The van der Waals surface area contributed by atoms with Crippen LogP contribution in [-0.4, -0.2) is 12.0 Å². The van der Waals surface area contributed by atoms with Gasteiger partial charge in [0.2, 0.25) is 0 Å². The van der Waals surface area contributed by atoms with Crippen molar-refractivity contribution in [3.05, 3.63) is 22.0 Å². The van der Waals surface area contributed by atoms with Crippen LogP contribution in [0, 0.1) is 6.92 Å². The third kappa shape index (κ3) is 1.55. The van der Waals surface area contributed by atoms with Gasteiger partial charge in [0.15, 0.2) is 0 Å². The van der Waals surface area contributed by atoms with Gasteiger partial charge in [-0.05, 0) is 0 Å². The van der Waals surface area contributed by atoms with E-state index in [2.05, 4.69) is 15.9 Å². The number of aryl methyl sites for hydroxylation is 1. The average Bonchev–Trinajstić information content (AvgIpc) is 1.80. The predicted octanol–water partition coefficient (Wildman–Crippen LogP) is 1.80. The van der Waals surface area contributed by atoms with Crippen LogP contribution in [-0.2, 0) is 0 Å². The maximum absolute atomic E-state index is 9.00. The summed E-state index contributed by atoms with van der Waals surface area (Å²) in [6.45, 7) is 3.85. The molecule has 0 aliphatic rings. The van der Waals surface area contributed by atoms with Crippen LogP contribution >= 0.6 is 15.9 Å². The van der Waals surface area contributed by atoms with E-state index in [-0.39, 0.29) is 0 Å². The van der Waals surface area contributed by atoms with Gasteiger partial charge in [0.05, 0.1) is 0 Å². The molecule has 0 aliphatic carbocycles. The van der Waals surface area contributed by atoms with Crippen molar-refractivity contribution in [2.75, 3.05) is 0 Å². The Balaban J connectivity index is 3.17. The Kier molecular flexibility index (Phi) is 1.91. The Morgan fingerprint density at radius 3 is 2.67 bits per heavy atom. The molecule has 0 aromatic carbocycles. The molecule has 1 aromatic rings. The van der Waals surface area contributed by atoms with Crippen LogP contribution in [0.5, 0.6) is 5.75 Å². The molecular formula is C6H6BBrO. The first-order valence-electron chi connectivity index (χ1n) is 2.65. The Labute approximate surface area is 63.1 Å². The van der Waals surface area contributed by atoms with Crippen LogP contribution < -0.4 is 0 Å². The number of hydrogen-bond donors (Lipinski definition) is 1. The van der Waals surface area contributed by atoms with Gasteiger partial charge in [0, 0.05) is 0 Å². The molecule has 46 valence electrons. The molecule has 0 aliphatic heterocycles. The van der Waals surface area contributed by atoms with Gasteiger partial charge in [0.1, 0.15) is 0 Å². The first kappa shape index (κ1) is 6.81. The molecule has 0 amide bonds. The van der Waals surface area contributed by atoms with Crippen molar-refractivity contribution in [1.82, 2.24) is 0 Å². The zero-order valence-corrected chi connectivity index (χ0v) is 6.64. The summed E-state index contributed by atoms with van der Waals surface area (Å²) in [6, 6.07) is 3.53. The standard InChI is InChI=1S/C6H6BBrO/c1-4-2-3-5(9)6(8)7-4/h2-3,9H,1H3. The summed E-state index contributed by atoms with van der Waals surface area (Å²) in [7, 11) is 0. The molecule has 0 fully saturated rings. The van der Waals surface area contributed by atoms with Crippen LogP contribution in [0.1, 0.15) is 5.46 Å².